The van der Waals surface area contributed by atoms with Gasteiger partial charge in [-0.15, -0.1) is 0 Å². The van der Waals surface area contributed by atoms with Crippen LogP contribution in [-0.2, 0) is 27.2 Å². The van der Waals surface area contributed by atoms with E-state index in [0.29, 0.717) is 10.6 Å². The quantitative estimate of drug-likeness (QED) is 0.623. The largest absolute Gasteiger partial charge is 0.368 e. The Hall–Kier alpha value is -2.93. The van der Waals surface area contributed by atoms with Crippen LogP contribution in [0.1, 0.15) is 18.1 Å². The predicted octanol–water partition coefficient (Wildman–Crippen LogP) is 1.74. The van der Waals surface area contributed by atoms with Gasteiger partial charge in [0.15, 0.2) is 0 Å². The number of nitrogens with two attached hydrogens (primary N) is 1. The summed E-state index contributed by atoms with van der Waals surface area (Å²) >= 11 is 5.94. The number of primary amides is 1. The minimum Gasteiger partial charge on any atom is -0.368 e. The van der Waals surface area contributed by atoms with E-state index in [1.165, 1.54) is 25.1 Å². The number of nitrogens with one attached hydrogen (secondary N) is 2. The maximum absolute atomic E-state index is 13.9. The van der Waals surface area contributed by atoms with Crippen LogP contribution in [0.2, 0.25) is 5.02 Å². The Morgan fingerprint density at radius 1 is 1.04 bits per heavy atom. The molecule has 2 rings (SSSR count). The average Bonchev–Trinajstić information content (AvgIpc) is 2.62. The first-order chi connectivity index (χ1) is 13.3. The van der Waals surface area contributed by atoms with E-state index in [9.17, 15) is 18.8 Å². The number of hydrogen-bond acceptors (Lipinski definition) is 3. The molecule has 0 fully saturated rings. The van der Waals surface area contributed by atoms with E-state index in [1.807, 2.05) is 0 Å². The van der Waals surface area contributed by atoms with E-state index < -0.39 is 35.6 Å². The van der Waals surface area contributed by atoms with Gasteiger partial charge in [-0.25, -0.2) is 4.39 Å². The molecule has 0 radical (unpaired) electrons. The number of hydrogen-bond donors (Lipinski definition) is 3. The fourth-order valence-electron chi connectivity index (χ4n) is 2.73. The molecule has 0 spiro atoms. The van der Waals surface area contributed by atoms with Gasteiger partial charge < -0.3 is 16.4 Å². The normalized spacial score (nSPS) is 12.7. The molecule has 0 heterocycles. The standard InChI is InChI=1S/C20H21ClFN3O3/c1-12(26)24-18(11-14-6-2-3-8-16(14)22)20(28)25-17(19(23)27)10-13-5-4-7-15(21)9-13/h2-9,17-18H,10-11H2,1H3,(H2,23,27)(H,24,26)(H,25,28)/t17-,18+/m1/s1. The van der Waals surface area contributed by atoms with Crippen molar-refractivity contribution in [2.75, 3.05) is 0 Å². The molecule has 2 aromatic carbocycles. The topological polar surface area (TPSA) is 101 Å². The molecule has 3 amide bonds. The second kappa shape index (κ2) is 9.85. The highest BCUT2D eigenvalue weighted by Gasteiger charge is 2.26. The fourth-order valence-corrected chi connectivity index (χ4v) is 2.95. The molecule has 0 bridgehead atoms. The van der Waals surface area contributed by atoms with Crippen LogP contribution in [0.25, 0.3) is 0 Å². The van der Waals surface area contributed by atoms with Gasteiger partial charge in [-0.2, -0.15) is 0 Å². The van der Waals surface area contributed by atoms with Gasteiger partial charge in [0.25, 0.3) is 0 Å². The molecule has 2 aromatic rings. The molecule has 0 saturated heterocycles. The third-order valence-corrected chi connectivity index (χ3v) is 4.30. The monoisotopic (exact) mass is 405 g/mol. The molecule has 8 heteroatoms. The molecule has 4 N–H and O–H groups in total. The Kier molecular flexibility index (Phi) is 7.52. The van der Waals surface area contributed by atoms with Crippen molar-refractivity contribution >= 4 is 29.3 Å². The van der Waals surface area contributed by atoms with Gasteiger partial charge >= 0.3 is 0 Å². The van der Waals surface area contributed by atoms with Crippen molar-refractivity contribution in [3.63, 3.8) is 0 Å². The van der Waals surface area contributed by atoms with Crippen LogP contribution in [0.5, 0.6) is 0 Å². The van der Waals surface area contributed by atoms with Gasteiger partial charge in [0.1, 0.15) is 17.9 Å². The lowest BCUT2D eigenvalue weighted by molar-refractivity contribution is -0.130. The van der Waals surface area contributed by atoms with Crippen LogP contribution in [0.4, 0.5) is 4.39 Å². The van der Waals surface area contributed by atoms with Gasteiger partial charge in [0.05, 0.1) is 0 Å². The van der Waals surface area contributed by atoms with E-state index in [1.54, 1.807) is 30.3 Å². The number of benzene rings is 2. The number of rotatable bonds is 8. The molecule has 148 valence electrons. The first kappa shape index (κ1) is 21.4. The number of carbonyl (C=O) groups is 3. The summed E-state index contributed by atoms with van der Waals surface area (Å²) in [7, 11) is 0. The van der Waals surface area contributed by atoms with Gasteiger partial charge in [-0.05, 0) is 29.3 Å². The van der Waals surface area contributed by atoms with Gasteiger partial charge in [0, 0.05) is 24.8 Å². The van der Waals surface area contributed by atoms with Gasteiger partial charge in [-0.1, -0.05) is 41.9 Å². The Bertz CT molecular complexity index is 875. The molecule has 28 heavy (non-hydrogen) atoms. The lowest BCUT2D eigenvalue weighted by atomic mass is 10.0. The molecule has 0 aliphatic rings. The molecule has 0 unspecified atom stereocenters. The van der Waals surface area contributed by atoms with Crippen molar-refractivity contribution in [3.8, 4) is 0 Å². The van der Waals surface area contributed by atoms with E-state index in [0.717, 1.165) is 0 Å². The van der Waals surface area contributed by atoms with Crippen LogP contribution in [-0.4, -0.2) is 29.8 Å². The SMILES string of the molecule is CC(=O)N[C@@H](Cc1ccccc1F)C(=O)N[C@H](Cc1cccc(Cl)c1)C(N)=O. The lowest BCUT2D eigenvalue weighted by Gasteiger charge is -2.22. The molecule has 0 aliphatic carbocycles. The fraction of sp³-hybridized carbons (Fsp3) is 0.250. The van der Waals surface area contributed by atoms with Crippen LogP contribution in [0.3, 0.4) is 0 Å². The van der Waals surface area contributed by atoms with Gasteiger partial charge in [-0.3, -0.25) is 14.4 Å². The molecule has 0 saturated carbocycles. The second-order valence-corrected chi connectivity index (χ2v) is 6.78. The zero-order chi connectivity index (χ0) is 20.7. The van der Waals surface area contributed by atoms with Crippen molar-refractivity contribution in [1.82, 2.24) is 10.6 Å². The Morgan fingerprint density at radius 3 is 2.36 bits per heavy atom. The highest BCUT2D eigenvalue weighted by atomic mass is 35.5. The Morgan fingerprint density at radius 2 is 1.75 bits per heavy atom. The van der Waals surface area contributed by atoms with E-state index in [-0.39, 0.29) is 18.4 Å². The van der Waals surface area contributed by atoms with Crippen molar-refractivity contribution in [1.29, 1.82) is 0 Å². The van der Waals surface area contributed by atoms with E-state index in [4.69, 9.17) is 17.3 Å². The van der Waals surface area contributed by atoms with Crippen molar-refractivity contribution in [3.05, 3.63) is 70.5 Å². The van der Waals surface area contributed by atoms with Crippen LogP contribution < -0.4 is 16.4 Å². The molecule has 0 aromatic heterocycles. The third-order valence-electron chi connectivity index (χ3n) is 4.06. The average molecular weight is 406 g/mol. The Labute approximate surface area is 167 Å². The van der Waals surface area contributed by atoms with Crippen molar-refractivity contribution in [2.24, 2.45) is 5.73 Å². The summed E-state index contributed by atoms with van der Waals surface area (Å²) in [5.74, 6) is -2.32. The second-order valence-electron chi connectivity index (χ2n) is 6.35. The molecule has 2 atom stereocenters. The molecular weight excluding hydrogens is 385 g/mol. The zero-order valence-electron chi connectivity index (χ0n) is 15.2. The first-order valence-corrected chi connectivity index (χ1v) is 8.98. The number of carbonyl (C=O) groups excluding carboxylic acids is 3. The lowest BCUT2D eigenvalue weighted by Crippen LogP contribution is -2.54. The van der Waals surface area contributed by atoms with E-state index >= 15 is 0 Å². The highest BCUT2D eigenvalue weighted by molar-refractivity contribution is 6.30. The van der Waals surface area contributed by atoms with Crippen LogP contribution in [0, 0.1) is 5.82 Å². The Balaban J connectivity index is 2.15. The van der Waals surface area contributed by atoms with Crippen LogP contribution >= 0.6 is 11.6 Å². The zero-order valence-corrected chi connectivity index (χ0v) is 16.0. The number of halogens is 2. The minimum atomic E-state index is -1.06. The summed E-state index contributed by atoms with van der Waals surface area (Å²) in [6.07, 6.45) is 0.0643. The minimum absolute atomic E-state index is 0.0687. The summed E-state index contributed by atoms with van der Waals surface area (Å²) in [6, 6.07) is 10.7. The summed E-state index contributed by atoms with van der Waals surface area (Å²) in [4.78, 5) is 36.0. The predicted molar refractivity (Wildman–Crippen MR) is 104 cm³/mol. The smallest absolute Gasteiger partial charge is 0.243 e. The summed E-state index contributed by atoms with van der Waals surface area (Å²) in [6.45, 7) is 1.25. The molecule has 0 aliphatic heterocycles. The third kappa shape index (κ3) is 6.35. The molecular formula is C20H21ClFN3O3. The molecule has 6 nitrogen and oxygen atoms in total. The summed E-state index contributed by atoms with van der Waals surface area (Å²) in [5.41, 5.74) is 6.39. The summed E-state index contributed by atoms with van der Waals surface area (Å²) < 4.78 is 13.9. The van der Waals surface area contributed by atoms with Crippen LogP contribution in [0.15, 0.2) is 48.5 Å². The van der Waals surface area contributed by atoms with Crippen molar-refractivity contribution < 1.29 is 18.8 Å². The van der Waals surface area contributed by atoms with Gasteiger partial charge in [0.2, 0.25) is 17.7 Å². The first-order valence-electron chi connectivity index (χ1n) is 8.61. The maximum Gasteiger partial charge on any atom is 0.243 e. The van der Waals surface area contributed by atoms with Crippen molar-refractivity contribution in [2.45, 2.75) is 31.8 Å². The highest BCUT2D eigenvalue weighted by Crippen LogP contribution is 2.13. The summed E-state index contributed by atoms with van der Waals surface area (Å²) in [5, 5.41) is 5.51. The van der Waals surface area contributed by atoms with E-state index in [2.05, 4.69) is 10.6 Å². The maximum atomic E-state index is 13.9. The number of amides is 3.